The van der Waals surface area contributed by atoms with Gasteiger partial charge in [-0.25, -0.2) is 4.98 Å². The van der Waals surface area contributed by atoms with Gasteiger partial charge in [0, 0.05) is 26.1 Å². The van der Waals surface area contributed by atoms with Gasteiger partial charge in [0.15, 0.2) is 0 Å². The number of nitrogens with zero attached hydrogens (tertiary/aromatic N) is 4. The number of benzene rings is 1. The molecule has 1 aromatic carbocycles. The van der Waals surface area contributed by atoms with E-state index in [1.165, 1.54) is 5.56 Å². The van der Waals surface area contributed by atoms with Crippen LogP contribution in [0.15, 0.2) is 42.5 Å². The number of aryl methyl sites for hydroxylation is 1. The summed E-state index contributed by atoms with van der Waals surface area (Å²) in [5, 5.41) is 13.6. The van der Waals surface area contributed by atoms with Crippen molar-refractivity contribution in [3.63, 3.8) is 0 Å². The summed E-state index contributed by atoms with van der Waals surface area (Å²) in [4.78, 5) is 24.4. The molecule has 3 atom stereocenters. The van der Waals surface area contributed by atoms with Crippen LogP contribution in [0.5, 0.6) is 0 Å². The molecule has 0 spiro atoms. The highest BCUT2D eigenvalue weighted by Gasteiger charge is 2.56. The lowest BCUT2D eigenvalue weighted by Crippen LogP contribution is -2.45. The summed E-state index contributed by atoms with van der Waals surface area (Å²) >= 11 is 0. The van der Waals surface area contributed by atoms with E-state index in [2.05, 4.69) is 50.9 Å². The molecular formula is C24H29N7O. The maximum absolute atomic E-state index is 12.6. The minimum atomic E-state index is -0.190. The monoisotopic (exact) mass is 431 g/mol. The number of aromatic amines is 1. The molecule has 1 saturated carbocycles. The van der Waals surface area contributed by atoms with Gasteiger partial charge in [0.05, 0.1) is 23.6 Å². The fourth-order valence-corrected chi connectivity index (χ4v) is 4.62. The van der Waals surface area contributed by atoms with Crippen LogP contribution in [0.1, 0.15) is 36.0 Å². The van der Waals surface area contributed by atoms with Gasteiger partial charge in [-0.15, -0.1) is 0 Å². The highest BCUT2D eigenvalue weighted by molar-refractivity contribution is 5.86. The van der Waals surface area contributed by atoms with Crippen molar-refractivity contribution in [2.75, 3.05) is 23.8 Å². The van der Waals surface area contributed by atoms with Gasteiger partial charge in [0.25, 0.3) is 0 Å². The van der Waals surface area contributed by atoms with Crippen molar-refractivity contribution in [1.29, 1.82) is 0 Å². The van der Waals surface area contributed by atoms with Gasteiger partial charge in [-0.05, 0) is 36.3 Å². The maximum Gasteiger partial charge on any atom is 0.242 e. The largest absolute Gasteiger partial charge is 0.364 e. The number of H-pyrrole nitrogens is 1. The molecule has 3 N–H and O–H groups in total. The van der Waals surface area contributed by atoms with Crippen LogP contribution < -0.4 is 15.5 Å². The number of fused-ring (bicyclic) bond motifs is 1. The van der Waals surface area contributed by atoms with Gasteiger partial charge in [-0.3, -0.25) is 9.89 Å². The van der Waals surface area contributed by atoms with Gasteiger partial charge in [-0.1, -0.05) is 37.3 Å². The molecule has 8 nitrogen and oxygen atoms in total. The van der Waals surface area contributed by atoms with E-state index < -0.39 is 0 Å². The Bertz CT molecular complexity index is 1100. The predicted octanol–water partition coefficient (Wildman–Crippen LogP) is 2.54. The van der Waals surface area contributed by atoms with Crippen molar-refractivity contribution in [2.24, 2.45) is 11.8 Å². The van der Waals surface area contributed by atoms with Crippen LogP contribution in [-0.4, -0.2) is 45.7 Å². The normalized spacial score (nSPS) is 21.3. The third kappa shape index (κ3) is 4.17. The fourth-order valence-electron chi connectivity index (χ4n) is 4.62. The lowest BCUT2D eigenvalue weighted by molar-refractivity contribution is -0.122. The van der Waals surface area contributed by atoms with Crippen molar-refractivity contribution >= 4 is 17.7 Å². The highest BCUT2D eigenvalue weighted by Crippen LogP contribution is 2.50. The van der Waals surface area contributed by atoms with E-state index in [0.717, 1.165) is 42.3 Å². The summed E-state index contributed by atoms with van der Waals surface area (Å²) in [5.41, 5.74) is 4.17. The van der Waals surface area contributed by atoms with E-state index in [1.807, 2.05) is 24.3 Å². The molecule has 1 amide bonds. The molecule has 2 aliphatic rings. The predicted molar refractivity (Wildman–Crippen MR) is 123 cm³/mol. The Morgan fingerprint density at radius 2 is 2.03 bits per heavy atom. The lowest BCUT2D eigenvalue weighted by atomic mass is 10.1. The molecule has 0 unspecified atom stereocenters. The van der Waals surface area contributed by atoms with Crippen molar-refractivity contribution in [1.82, 2.24) is 25.5 Å². The van der Waals surface area contributed by atoms with Crippen molar-refractivity contribution < 1.29 is 4.79 Å². The molecule has 2 fully saturated rings. The van der Waals surface area contributed by atoms with Crippen molar-refractivity contribution in [3.05, 3.63) is 65.1 Å². The number of aromatic nitrogens is 4. The number of anilines is 2. The zero-order chi connectivity index (χ0) is 22.1. The Labute approximate surface area is 187 Å². The number of likely N-dealkylation sites (N-methyl/N-ethyl adjacent to an activating group) is 1. The van der Waals surface area contributed by atoms with Gasteiger partial charge in [-0.2, -0.15) is 10.1 Å². The summed E-state index contributed by atoms with van der Waals surface area (Å²) < 4.78 is 0. The number of rotatable bonds is 8. The molecular weight excluding hydrogens is 402 g/mol. The van der Waals surface area contributed by atoms with E-state index in [9.17, 15) is 4.79 Å². The second-order valence-corrected chi connectivity index (χ2v) is 8.67. The molecule has 32 heavy (non-hydrogen) atoms. The summed E-state index contributed by atoms with van der Waals surface area (Å²) in [6.45, 7) is 3.51. The molecule has 166 valence electrons. The Hall–Kier alpha value is -3.42. The summed E-state index contributed by atoms with van der Waals surface area (Å²) in [5.74, 6) is 2.40. The molecule has 0 radical (unpaired) electrons. The lowest BCUT2D eigenvalue weighted by Gasteiger charge is -2.27. The molecule has 2 aromatic heterocycles. The first kappa shape index (κ1) is 20.5. The Kier molecular flexibility index (Phi) is 5.51. The SMILES string of the molecule is CCc1cc(CNc2cc(Cc3ccccc3)nc(N3C[C@H]4C[C@H]4[C@H]3C(=O)NC)n2)[nH]n1. The number of piperidine rings is 1. The second-order valence-electron chi connectivity index (χ2n) is 8.67. The van der Waals surface area contributed by atoms with Gasteiger partial charge in [0.1, 0.15) is 11.9 Å². The number of hydrogen-bond acceptors (Lipinski definition) is 6. The summed E-state index contributed by atoms with van der Waals surface area (Å²) in [6, 6.07) is 14.2. The molecule has 8 heteroatoms. The smallest absolute Gasteiger partial charge is 0.242 e. The topological polar surface area (TPSA) is 98.8 Å². The zero-order valence-electron chi connectivity index (χ0n) is 18.5. The standard InChI is InChI=1S/C24H29N7O/c1-3-17-11-19(30-29-17)13-26-21-12-18(9-15-7-5-4-6-8-15)27-24(28-21)31-14-16-10-20(16)22(31)23(32)25-2/h4-8,11-12,16,20,22H,3,9-10,13-14H2,1-2H3,(H,25,32)(H,29,30)(H,26,27,28)/t16-,20-,22+/m1/s1. The van der Waals surface area contributed by atoms with Crippen molar-refractivity contribution in [2.45, 2.75) is 38.8 Å². The first-order valence-corrected chi connectivity index (χ1v) is 11.3. The molecule has 3 heterocycles. The van der Waals surface area contributed by atoms with E-state index in [4.69, 9.17) is 9.97 Å². The molecule has 3 aromatic rings. The highest BCUT2D eigenvalue weighted by atomic mass is 16.2. The Balaban J connectivity index is 1.43. The Morgan fingerprint density at radius 1 is 1.19 bits per heavy atom. The first-order valence-electron chi connectivity index (χ1n) is 11.3. The zero-order valence-corrected chi connectivity index (χ0v) is 18.5. The molecule has 0 bridgehead atoms. The van der Waals surface area contributed by atoms with Crippen LogP contribution in [0.25, 0.3) is 0 Å². The third-order valence-corrected chi connectivity index (χ3v) is 6.42. The first-order chi connectivity index (χ1) is 15.6. The van der Waals surface area contributed by atoms with E-state index >= 15 is 0 Å². The van der Waals surface area contributed by atoms with Gasteiger partial charge in [0.2, 0.25) is 11.9 Å². The number of hydrogen-bond donors (Lipinski definition) is 3. The van der Waals surface area contributed by atoms with Crippen molar-refractivity contribution in [3.8, 4) is 0 Å². The van der Waals surface area contributed by atoms with Crippen LogP contribution in [0.4, 0.5) is 11.8 Å². The van der Waals surface area contributed by atoms with Crippen LogP contribution >= 0.6 is 0 Å². The van der Waals surface area contributed by atoms with Crippen LogP contribution in [0.3, 0.4) is 0 Å². The molecule has 1 saturated heterocycles. The third-order valence-electron chi connectivity index (χ3n) is 6.42. The van der Waals surface area contributed by atoms with E-state index in [0.29, 0.717) is 30.7 Å². The molecule has 1 aliphatic heterocycles. The number of amides is 1. The second kappa shape index (κ2) is 8.61. The summed E-state index contributed by atoms with van der Waals surface area (Å²) in [7, 11) is 1.70. The summed E-state index contributed by atoms with van der Waals surface area (Å²) in [6.07, 6.45) is 2.72. The van der Waals surface area contributed by atoms with Crippen LogP contribution in [0.2, 0.25) is 0 Å². The quantitative estimate of drug-likeness (QED) is 0.507. The van der Waals surface area contributed by atoms with E-state index in [1.54, 1.807) is 7.05 Å². The average Bonchev–Trinajstić information content (AvgIpc) is 3.25. The maximum atomic E-state index is 12.6. The number of nitrogens with one attached hydrogen (secondary N) is 3. The molecule has 5 rings (SSSR count). The van der Waals surface area contributed by atoms with Crippen LogP contribution in [-0.2, 0) is 24.2 Å². The minimum absolute atomic E-state index is 0.0473. The average molecular weight is 432 g/mol. The van der Waals surface area contributed by atoms with Gasteiger partial charge >= 0.3 is 0 Å². The number of carbonyl (C=O) groups is 1. The van der Waals surface area contributed by atoms with Gasteiger partial charge < -0.3 is 15.5 Å². The van der Waals surface area contributed by atoms with Crippen LogP contribution in [0, 0.1) is 11.8 Å². The molecule has 1 aliphatic carbocycles. The van der Waals surface area contributed by atoms with E-state index in [-0.39, 0.29) is 11.9 Å². The fraction of sp³-hybridized carbons (Fsp3) is 0.417. The Morgan fingerprint density at radius 3 is 2.78 bits per heavy atom. The number of carbonyl (C=O) groups excluding carboxylic acids is 1. The minimum Gasteiger partial charge on any atom is -0.364 e.